The van der Waals surface area contributed by atoms with E-state index in [2.05, 4.69) is 4.74 Å². The Bertz CT molecular complexity index is 491. The van der Waals surface area contributed by atoms with Crippen molar-refractivity contribution in [3.63, 3.8) is 0 Å². The number of amides is 1. The van der Waals surface area contributed by atoms with Gasteiger partial charge in [-0.15, -0.1) is 0 Å². The van der Waals surface area contributed by atoms with Crippen LogP contribution in [0.15, 0.2) is 18.2 Å². The van der Waals surface area contributed by atoms with Gasteiger partial charge >= 0.3 is 5.97 Å². The van der Waals surface area contributed by atoms with Crippen LogP contribution in [0.3, 0.4) is 0 Å². The van der Waals surface area contributed by atoms with Gasteiger partial charge in [-0.1, -0.05) is 6.07 Å². The Morgan fingerprint density at radius 2 is 2.00 bits per heavy atom. The molecule has 20 heavy (non-hydrogen) atoms. The highest BCUT2D eigenvalue weighted by Crippen LogP contribution is 2.11. The van der Waals surface area contributed by atoms with Crippen LogP contribution in [0.5, 0.6) is 0 Å². The van der Waals surface area contributed by atoms with E-state index in [0.29, 0.717) is 6.54 Å². The number of halogens is 2. The molecule has 1 aromatic rings. The summed E-state index contributed by atoms with van der Waals surface area (Å²) in [4.78, 5) is 24.5. The number of methoxy groups -OCH3 is 1. The Hall–Kier alpha value is -1.98. The number of carbonyl (C=O) groups excluding carboxylic acids is 2. The van der Waals surface area contributed by atoms with Crippen molar-refractivity contribution in [3.05, 3.63) is 35.4 Å². The maximum Gasteiger partial charge on any atom is 0.307 e. The number of benzene rings is 1. The van der Waals surface area contributed by atoms with Crippen LogP contribution in [0.2, 0.25) is 0 Å². The lowest BCUT2D eigenvalue weighted by Crippen LogP contribution is -2.34. The van der Waals surface area contributed by atoms with Crippen molar-refractivity contribution in [2.24, 2.45) is 0 Å². The van der Waals surface area contributed by atoms with Gasteiger partial charge in [-0.3, -0.25) is 9.59 Å². The normalized spacial score (nSPS) is 10.2. The molecule has 0 bridgehead atoms. The molecule has 1 amide bonds. The van der Waals surface area contributed by atoms with Gasteiger partial charge in [-0.25, -0.2) is 8.78 Å². The molecule has 110 valence electrons. The zero-order valence-electron chi connectivity index (χ0n) is 11.5. The average Bonchev–Trinajstić information content (AvgIpc) is 2.42. The van der Waals surface area contributed by atoms with Crippen molar-refractivity contribution < 1.29 is 23.1 Å². The van der Waals surface area contributed by atoms with E-state index in [1.165, 1.54) is 18.1 Å². The summed E-state index contributed by atoms with van der Waals surface area (Å²) < 4.78 is 30.7. The van der Waals surface area contributed by atoms with Crippen molar-refractivity contribution in [2.75, 3.05) is 20.2 Å². The van der Waals surface area contributed by atoms with Gasteiger partial charge < -0.3 is 9.64 Å². The minimum absolute atomic E-state index is 0.0853. The first-order valence-electron chi connectivity index (χ1n) is 6.26. The summed E-state index contributed by atoms with van der Waals surface area (Å²) >= 11 is 0. The van der Waals surface area contributed by atoms with Crippen molar-refractivity contribution in [1.29, 1.82) is 0 Å². The smallest absolute Gasteiger partial charge is 0.307 e. The van der Waals surface area contributed by atoms with Crippen molar-refractivity contribution in [3.8, 4) is 0 Å². The summed E-state index contributed by atoms with van der Waals surface area (Å²) in [5.74, 6) is -2.16. The first kappa shape index (κ1) is 16.1. The molecular weight excluding hydrogens is 268 g/mol. The van der Waals surface area contributed by atoms with E-state index < -0.39 is 17.6 Å². The molecule has 0 unspecified atom stereocenters. The van der Waals surface area contributed by atoms with Crippen LogP contribution in [0, 0.1) is 11.6 Å². The number of ether oxygens (including phenoxy) is 1. The summed E-state index contributed by atoms with van der Waals surface area (Å²) in [5, 5.41) is 0. The number of rotatable bonds is 6. The number of carbonyl (C=O) groups is 2. The van der Waals surface area contributed by atoms with Crippen molar-refractivity contribution >= 4 is 11.9 Å². The Balaban J connectivity index is 2.65. The van der Waals surface area contributed by atoms with E-state index in [1.807, 2.05) is 0 Å². The zero-order valence-corrected chi connectivity index (χ0v) is 11.5. The quantitative estimate of drug-likeness (QED) is 0.750. The van der Waals surface area contributed by atoms with Gasteiger partial charge in [0.2, 0.25) is 5.91 Å². The lowest BCUT2D eigenvalue weighted by atomic mass is 10.1. The van der Waals surface area contributed by atoms with E-state index >= 15 is 0 Å². The fourth-order valence-corrected chi connectivity index (χ4v) is 1.73. The van der Waals surface area contributed by atoms with E-state index in [1.54, 1.807) is 6.92 Å². The fourth-order valence-electron chi connectivity index (χ4n) is 1.73. The van der Waals surface area contributed by atoms with Crippen molar-refractivity contribution in [1.82, 2.24) is 4.90 Å². The lowest BCUT2D eigenvalue weighted by Gasteiger charge is -2.20. The Kier molecular flexibility index (Phi) is 6.09. The monoisotopic (exact) mass is 285 g/mol. The summed E-state index contributed by atoms with van der Waals surface area (Å²) in [6, 6.07) is 3.10. The average molecular weight is 285 g/mol. The Morgan fingerprint density at radius 3 is 2.55 bits per heavy atom. The highest BCUT2D eigenvalue weighted by atomic mass is 19.1. The Labute approximate surface area is 116 Å². The van der Waals surface area contributed by atoms with Gasteiger partial charge in [0.15, 0.2) is 0 Å². The lowest BCUT2D eigenvalue weighted by molar-refractivity contribution is -0.141. The van der Waals surface area contributed by atoms with E-state index in [-0.39, 0.29) is 30.9 Å². The molecule has 0 aliphatic carbocycles. The summed E-state index contributed by atoms with van der Waals surface area (Å²) in [6.07, 6.45) is -0.0803. The summed E-state index contributed by atoms with van der Waals surface area (Å²) in [5.41, 5.74) is 0.132. The second-order valence-electron chi connectivity index (χ2n) is 4.21. The highest BCUT2D eigenvalue weighted by molar-refractivity contribution is 5.79. The molecule has 0 aliphatic rings. The maximum absolute atomic E-state index is 13.5. The van der Waals surface area contributed by atoms with Gasteiger partial charge in [0.1, 0.15) is 11.6 Å². The predicted octanol–water partition coefficient (Wildman–Crippen LogP) is 1.92. The van der Waals surface area contributed by atoms with Gasteiger partial charge in [0.25, 0.3) is 0 Å². The number of likely N-dealkylation sites (N-methyl/N-ethyl adjacent to an activating group) is 1. The maximum atomic E-state index is 13.5. The molecule has 0 fully saturated rings. The highest BCUT2D eigenvalue weighted by Gasteiger charge is 2.16. The van der Waals surface area contributed by atoms with Crippen LogP contribution in [-0.2, 0) is 20.7 Å². The third-order valence-corrected chi connectivity index (χ3v) is 2.90. The molecule has 4 nitrogen and oxygen atoms in total. The van der Waals surface area contributed by atoms with Gasteiger partial charge in [-0.2, -0.15) is 0 Å². The summed E-state index contributed by atoms with van der Waals surface area (Å²) in [7, 11) is 1.27. The SMILES string of the molecule is CCN(CCC(=O)OC)C(=O)Cc1ccc(F)cc1F. The van der Waals surface area contributed by atoms with E-state index in [9.17, 15) is 18.4 Å². The van der Waals surface area contributed by atoms with E-state index in [0.717, 1.165) is 12.1 Å². The molecule has 0 N–H and O–H groups in total. The largest absolute Gasteiger partial charge is 0.469 e. The van der Waals surface area contributed by atoms with Crippen LogP contribution < -0.4 is 0 Å². The topological polar surface area (TPSA) is 46.6 Å². The van der Waals surface area contributed by atoms with Crippen molar-refractivity contribution in [2.45, 2.75) is 19.8 Å². The first-order valence-corrected chi connectivity index (χ1v) is 6.26. The number of hydrogen-bond donors (Lipinski definition) is 0. The second kappa shape index (κ2) is 7.57. The van der Waals surface area contributed by atoms with Gasteiger partial charge in [-0.05, 0) is 18.6 Å². The molecule has 0 aromatic heterocycles. The molecule has 0 atom stereocenters. The summed E-state index contributed by atoms with van der Waals surface area (Å²) in [6.45, 7) is 2.37. The third-order valence-electron chi connectivity index (χ3n) is 2.90. The van der Waals surface area contributed by atoms with Crippen LogP contribution in [0.4, 0.5) is 8.78 Å². The molecular formula is C14H17F2NO3. The predicted molar refractivity (Wildman–Crippen MR) is 68.9 cm³/mol. The molecule has 6 heteroatoms. The number of nitrogens with zero attached hydrogens (tertiary/aromatic N) is 1. The van der Waals surface area contributed by atoms with Crippen LogP contribution in [-0.4, -0.2) is 37.0 Å². The second-order valence-corrected chi connectivity index (χ2v) is 4.21. The minimum Gasteiger partial charge on any atom is -0.469 e. The molecule has 0 heterocycles. The number of hydrogen-bond acceptors (Lipinski definition) is 3. The van der Waals surface area contributed by atoms with Gasteiger partial charge in [0, 0.05) is 19.2 Å². The van der Waals surface area contributed by atoms with Gasteiger partial charge in [0.05, 0.1) is 20.0 Å². The molecule has 0 radical (unpaired) electrons. The molecule has 0 aliphatic heterocycles. The van der Waals surface area contributed by atoms with Crippen LogP contribution >= 0.6 is 0 Å². The van der Waals surface area contributed by atoms with Crippen LogP contribution in [0.1, 0.15) is 18.9 Å². The number of esters is 1. The molecule has 0 spiro atoms. The fraction of sp³-hybridized carbons (Fsp3) is 0.429. The third kappa shape index (κ3) is 4.60. The zero-order chi connectivity index (χ0) is 15.1. The Morgan fingerprint density at radius 1 is 1.30 bits per heavy atom. The molecule has 1 rings (SSSR count). The molecule has 1 aromatic carbocycles. The first-order chi connectivity index (χ1) is 9.47. The molecule has 0 saturated heterocycles. The molecule has 0 saturated carbocycles. The minimum atomic E-state index is -0.748. The standard InChI is InChI=1S/C14H17F2NO3/c1-3-17(7-6-14(19)20-2)13(18)8-10-4-5-11(15)9-12(10)16/h4-5,9H,3,6-8H2,1-2H3. The van der Waals surface area contributed by atoms with E-state index in [4.69, 9.17) is 0 Å². The van der Waals surface area contributed by atoms with Crippen LogP contribution in [0.25, 0.3) is 0 Å².